The molecule has 4 rings (SSSR count). The summed E-state index contributed by atoms with van der Waals surface area (Å²) >= 11 is 0. The summed E-state index contributed by atoms with van der Waals surface area (Å²) < 4.78 is 0. The average molecular weight is 477 g/mol. The number of hydrogen-bond donors (Lipinski definition) is 4. The second kappa shape index (κ2) is 8.30. The van der Waals surface area contributed by atoms with Crippen LogP contribution in [0.25, 0.3) is 0 Å². The summed E-state index contributed by atoms with van der Waals surface area (Å²) in [5, 5.41) is 42.1. The van der Waals surface area contributed by atoms with E-state index in [2.05, 4.69) is 47.6 Å². The second-order valence-electron chi connectivity index (χ2n) is 14.7. The van der Waals surface area contributed by atoms with Gasteiger partial charge in [0.05, 0.1) is 17.8 Å². The molecule has 0 saturated heterocycles. The number of hydrogen-bond acceptors (Lipinski definition) is 4. The highest BCUT2D eigenvalue weighted by molar-refractivity contribution is 5.33. The Balaban J connectivity index is 1.60. The van der Waals surface area contributed by atoms with E-state index in [4.69, 9.17) is 0 Å². The van der Waals surface area contributed by atoms with Crippen LogP contribution in [0, 0.1) is 45.3 Å². The van der Waals surface area contributed by atoms with Crippen LogP contribution in [-0.2, 0) is 0 Å². The van der Waals surface area contributed by atoms with Crippen LogP contribution in [0.5, 0.6) is 0 Å². The van der Waals surface area contributed by atoms with Crippen molar-refractivity contribution in [3.8, 4) is 0 Å². The van der Waals surface area contributed by atoms with E-state index in [1.807, 2.05) is 0 Å². The Kier molecular flexibility index (Phi) is 6.50. The predicted molar refractivity (Wildman–Crippen MR) is 137 cm³/mol. The molecule has 10 atom stereocenters. The molecule has 0 spiro atoms. The third-order valence-electron chi connectivity index (χ3n) is 12.3. The van der Waals surface area contributed by atoms with Crippen molar-refractivity contribution in [1.82, 2.24) is 0 Å². The molecular weight excluding hydrogens is 424 g/mol. The molecule has 0 aromatic rings. The maximum Gasteiger partial charge on any atom is 0.108 e. The Morgan fingerprint density at radius 1 is 1.00 bits per heavy atom. The Morgan fingerprint density at radius 3 is 2.26 bits per heavy atom. The molecule has 4 aliphatic carbocycles. The maximum absolute atomic E-state index is 10.8. The molecule has 0 aromatic heterocycles. The van der Waals surface area contributed by atoms with Crippen LogP contribution >= 0.6 is 0 Å². The zero-order chi connectivity index (χ0) is 25.5. The van der Waals surface area contributed by atoms with E-state index in [1.54, 1.807) is 19.4 Å². The van der Waals surface area contributed by atoms with E-state index in [1.165, 1.54) is 19.3 Å². The number of fused-ring (bicyclic) bond motifs is 5. The van der Waals surface area contributed by atoms with Gasteiger partial charge in [-0.1, -0.05) is 53.2 Å². The van der Waals surface area contributed by atoms with E-state index < -0.39 is 17.8 Å². The van der Waals surface area contributed by atoms with Crippen LogP contribution in [0.1, 0.15) is 107 Å². The lowest BCUT2D eigenvalue weighted by molar-refractivity contribution is -0.133. The molecule has 3 fully saturated rings. The van der Waals surface area contributed by atoms with Gasteiger partial charge in [-0.25, -0.2) is 0 Å². The first-order chi connectivity index (χ1) is 15.5. The van der Waals surface area contributed by atoms with E-state index in [9.17, 15) is 20.4 Å². The minimum atomic E-state index is -1.30. The molecule has 0 aliphatic heterocycles. The Bertz CT molecular complexity index is 811. The van der Waals surface area contributed by atoms with Crippen molar-refractivity contribution >= 4 is 0 Å². The predicted octanol–water partition coefficient (Wildman–Crippen LogP) is 5.47. The molecule has 0 amide bonds. The quantitative estimate of drug-likeness (QED) is 0.397. The van der Waals surface area contributed by atoms with Crippen LogP contribution < -0.4 is 0 Å². The number of allylic oxidation sites excluding steroid dienone is 2. The van der Waals surface area contributed by atoms with Crippen molar-refractivity contribution in [3.05, 3.63) is 11.6 Å². The van der Waals surface area contributed by atoms with Crippen molar-refractivity contribution in [1.29, 1.82) is 0 Å². The SMILES string of the molecule is C[C@@H](C[C@@H](O)[C@H](O)C(C)(C)O)[C@@H]1CC[C@]2(C)C3=CC[C@H]4C(C)(C)[C@H](O)CC[C@]4(C)[C@H]3CC[C@@]12C. The number of rotatable bonds is 5. The van der Waals surface area contributed by atoms with Gasteiger partial charge in [-0.2, -0.15) is 0 Å². The first-order valence-corrected chi connectivity index (χ1v) is 14.0. The summed E-state index contributed by atoms with van der Waals surface area (Å²) in [5.74, 6) is 1.91. The summed E-state index contributed by atoms with van der Waals surface area (Å²) in [5.41, 5.74) is 0.962. The molecule has 4 aliphatic rings. The number of aliphatic hydroxyl groups excluding tert-OH is 3. The summed E-state index contributed by atoms with van der Waals surface area (Å²) in [6.45, 7) is 17.5. The third kappa shape index (κ3) is 3.68. The molecule has 4 nitrogen and oxygen atoms in total. The first-order valence-electron chi connectivity index (χ1n) is 14.0. The lowest BCUT2D eigenvalue weighted by Crippen LogP contribution is -2.58. The van der Waals surface area contributed by atoms with Crippen LogP contribution in [0.3, 0.4) is 0 Å². The summed E-state index contributed by atoms with van der Waals surface area (Å²) in [7, 11) is 0. The van der Waals surface area contributed by atoms with Crippen LogP contribution in [0.2, 0.25) is 0 Å². The Morgan fingerprint density at radius 2 is 1.65 bits per heavy atom. The van der Waals surface area contributed by atoms with Crippen LogP contribution in [-0.4, -0.2) is 44.3 Å². The fraction of sp³-hybridized carbons (Fsp3) is 0.933. The zero-order valence-corrected chi connectivity index (χ0v) is 23.1. The van der Waals surface area contributed by atoms with E-state index >= 15 is 0 Å². The highest BCUT2D eigenvalue weighted by atomic mass is 16.4. The smallest absolute Gasteiger partial charge is 0.108 e. The lowest BCUT2D eigenvalue weighted by Gasteiger charge is -2.64. The summed E-state index contributed by atoms with van der Waals surface area (Å²) in [4.78, 5) is 0. The van der Waals surface area contributed by atoms with Gasteiger partial charge in [0.2, 0.25) is 0 Å². The van der Waals surface area contributed by atoms with Gasteiger partial charge in [-0.3, -0.25) is 0 Å². The van der Waals surface area contributed by atoms with E-state index in [0.717, 1.165) is 25.7 Å². The van der Waals surface area contributed by atoms with E-state index in [0.29, 0.717) is 24.2 Å². The van der Waals surface area contributed by atoms with Gasteiger partial charge in [0.1, 0.15) is 6.10 Å². The summed E-state index contributed by atoms with van der Waals surface area (Å²) in [6, 6.07) is 0. The molecule has 0 bridgehead atoms. The Hall–Kier alpha value is -0.420. The lowest BCUT2D eigenvalue weighted by atomic mass is 9.41. The molecule has 0 radical (unpaired) electrons. The van der Waals surface area contributed by atoms with Gasteiger partial charge < -0.3 is 20.4 Å². The van der Waals surface area contributed by atoms with Gasteiger partial charge in [0.25, 0.3) is 0 Å². The van der Waals surface area contributed by atoms with Crippen molar-refractivity contribution in [2.24, 2.45) is 45.3 Å². The third-order valence-corrected chi connectivity index (χ3v) is 12.3. The van der Waals surface area contributed by atoms with Gasteiger partial charge in [-0.15, -0.1) is 0 Å². The normalized spacial score (nSPS) is 46.5. The van der Waals surface area contributed by atoms with Crippen molar-refractivity contribution in [3.63, 3.8) is 0 Å². The average Bonchev–Trinajstić information content (AvgIpc) is 3.01. The number of aliphatic hydroxyl groups is 4. The highest BCUT2D eigenvalue weighted by Crippen LogP contribution is 2.73. The van der Waals surface area contributed by atoms with Crippen LogP contribution in [0.4, 0.5) is 0 Å². The molecule has 34 heavy (non-hydrogen) atoms. The van der Waals surface area contributed by atoms with Gasteiger partial charge in [-0.05, 0) is 111 Å². The molecule has 0 aromatic carbocycles. The van der Waals surface area contributed by atoms with Crippen molar-refractivity contribution in [2.45, 2.75) is 131 Å². The standard InChI is InChI=1S/C30H52O4/c1-18(17-22(31)25(33)27(4,5)34)19-11-15-30(8)21-9-10-23-26(2,3)24(32)13-14-28(23,6)20(21)12-16-29(19,30)7/h9,18-20,22-25,31-34H,10-17H2,1-8H3/t18-,19-,20-,22+,23-,24+,25-,28+,29-,30+/m0/s1. The second-order valence-corrected chi connectivity index (χ2v) is 14.7. The molecule has 0 unspecified atom stereocenters. The van der Waals surface area contributed by atoms with Crippen LogP contribution in [0.15, 0.2) is 11.6 Å². The Labute approximate surface area is 208 Å². The fourth-order valence-corrected chi connectivity index (χ4v) is 9.80. The first kappa shape index (κ1) is 26.6. The zero-order valence-electron chi connectivity index (χ0n) is 23.1. The van der Waals surface area contributed by atoms with Crippen molar-refractivity contribution in [2.75, 3.05) is 0 Å². The largest absolute Gasteiger partial charge is 0.393 e. The maximum atomic E-state index is 10.8. The molecule has 4 heteroatoms. The van der Waals surface area contributed by atoms with Gasteiger partial charge >= 0.3 is 0 Å². The topological polar surface area (TPSA) is 80.9 Å². The molecular formula is C30H52O4. The minimum Gasteiger partial charge on any atom is -0.393 e. The fourth-order valence-electron chi connectivity index (χ4n) is 9.80. The highest BCUT2D eigenvalue weighted by Gasteiger charge is 2.65. The van der Waals surface area contributed by atoms with Gasteiger partial charge in [0, 0.05) is 0 Å². The van der Waals surface area contributed by atoms with E-state index in [-0.39, 0.29) is 33.7 Å². The monoisotopic (exact) mass is 476 g/mol. The summed E-state index contributed by atoms with van der Waals surface area (Å²) in [6.07, 6.45) is 8.76. The molecule has 3 saturated carbocycles. The van der Waals surface area contributed by atoms with Crippen molar-refractivity contribution < 1.29 is 20.4 Å². The molecule has 4 N–H and O–H groups in total. The molecule has 0 heterocycles. The minimum absolute atomic E-state index is 0.0408. The molecule has 196 valence electrons. The van der Waals surface area contributed by atoms with Gasteiger partial charge in [0.15, 0.2) is 0 Å².